The van der Waals surface area contributed by atoms with Crippen molar-refractivity contribution in [3.8, 4) is 45.5 Å². The van der Waals surface area contributed by atoms with Gasteiger partial charge in [0.15, 0.2) is 19.7 Å². The Bertz CT molecular complexity index is 6230. The van der Waals surface area contributed by atoms with Gasteiger partial charge < -0.3 is 4.57 Å². The van der Waals surface area contributed by atoms with Gasteiger partial charge in [0.05, 0.1) is 66.1 Å². The Kier molecular flexibility index (Phi) is 5.69. The summed E-state index contributed by atoms with van der Waals surface area (Å²) in [6.45, 7) is 0. The van der Waals surface area contributed by atoms with Gasteiger partial charge in [0.2, 0.25) is 5.95 Å². The summed E-state index contributed by atoms with van der Waals surface area (Å²) in [4.78, 5) is 14.4. The van der Waals surface area contributed by atoms with Gasteiger partial charge in [-0.3, -0.25) is 4.57 Å². The highest BCUT2D eigenvalue weighted by Crippen LogP contribution is 2.41. The first-order valence-electron chi connectivity index (χ1n) is 37.5. The van der Waals surface area contributed by atoms with Crippen LogP contribution in [0.3, 0.4) is 0 Å². The third-order valence-corrected chi connectivity index (χ3v) is 18.9. The molecule has 7 heteroatoms. The van der Waals surface area contributed by atoms with E-state index in [1.54, 1.807) is 72.8 Å². The van der Waals surface area contributed by atoms with Crippen molar-refractivity contribution in [3.05, 3.63) is 272 Å². The first-order chi connectivity index (χ1) is 49.4. The number of para-hydroxylation sites is 5. The van der Waals surface area contributed by atoms with Crippen LogP contribution < -0.4 is 20.7 Å². The Labute approximate surface area is 483 Å². The minimum Gasteiger partial charge on any atom is -0.309 e. The van der Waals surface area contributed by atoms with Gasteiger partial charge >= 0.3 is 0 Å². The van der Waals surface area contributed by atoms with Crippen molar-refractivity contribution in [1.82, 2.24) is 24.1 Å². The Morgan fingerprint density at radius 2 is 0.855 bits per heavy atom. The first-order valence-corrected chi connectivity index (χ1v) is 26.3. The molecule has 0 bridgehead atoms. The van der Waals surface area contributed by atoms with Crippen LogP contribution in [0, 0.1) is 0 Å². The maximum absolute atomic E-state index is 11.0. The maximum atomic E-state index is 11.0. The summed E-state index contributed by atoms with van der Waals surface area (Å²) in [6.07, 6.45) is 0. The van der Waals surface area contributed by atoms with E-state index in [4.69, 9.17) is 25.9 Å². The molecule has 5 nitrogen and oxygen atoms in total. The molecule has 0 saturated carbocycles. The SMILES string of the molecule is [2H]c1c([2H])c([2H])c(-n2c3c([2H])c([2H])c([2H])c([2H])c3c3c([2H])c([2H])c([2H])c([2H])c32)c(-c2nc(-c3c([2H])c([2H])c([2H])c([Si](c4ccccc4)(c4ccccc4)c4c([2H])c([2H])c([2H])c(-c5cccc6c5sc5ccccc56)c4[2H])c3[2H])nc(-n3c4c([2H])c([2H])c([2H])c([2H])c4c4c([2H])c([2H])c([2H])c([2H])c43)n2)c1[2H]. The molecule has 11 aromatic carbocycles. The molecule has 0 radical (unpaired) electrons. The lowest BCUT2D eigenvalue weighted by molar-refractivity contribution is 0.952. The van der Waals surface area contributed by atoms with Gasteiger partial charge in [-0.15, -0.1) is 11.3 Å². The van der Waals surface area contributed by atoms with Gasteiger partial charge in [-0.2, -0.15) is 9.97 Å². The number of thiophene rings is 1. The molecule has 0 N–H and O–H groups in total. The van der Waals surface area contributed by atoms with E-state index in [1.165, 1.54) is 11.3 Å². The van der Waals surface area contributed by atoms with Crippen molar-refractivity contribution in [2.45, 2.75) is 0 Å². The zero-order chi connectivity index (χ0) is 74.5. The third-order valence-electron chi connectivity index (χ3n) is 13.3. The number of aromatic nitrogens is 5. The average molecular weight is 1030 g/mol. The van der Waals surface area contributed by atoms with Crippen molar-refractivity contribution in [3.63, 3.8) is 0 Å². The summed E-state index contributed by atoms with van der Waals surface area (Å²) in [5.41, 5.74) is -4.96. The summed E-state index contributed by atoms with van der Waals surface area (Å²) in [6, 6.07) is 4.66. The molecule has 0 atom stereocenters. The van der Waals surface area contributed by atoms with Crippen LogP contribution in [0.4, 0.5) is 0 Å². The third kappa shape index (κ3) is 6.87. The fourth-order valence-corrected chi connectivity index (χ4v) is 15.6. The molecule has 0 amide bonds. The summed E-state index contributed by atoms with van der Waals surface area (Å²) in [5, 5.41) is -0.757. The second-order valence-corrected chi connectivity index (χ2v) is 22.0. The first kappa shape index (κ1) is 24.2. The smallest absolute Gasteiger partial charge is 0.238 e. The quantitative estimate of drug-likeness (QED) is 0.107. The highest BCUT2D eigenvalue weighted by molar-refractivity contribution is 7.26. The van der Waals surface area contributed by atoms with E-state index in [0.29, 0.717) is 10.3 Å². The van der Waals surface area contributed by atoms with Gasteiger partial charge in [0.25, 0.3) is 0 Å². The van der Waals surface area contributed by atoms with Gasteiger partial charge in [-0.1, -0.05) is 230 Å². The number of benzene rings is 11. The van der Waals surface area contributed by atoms with Gasteiger partial charge in [-0.05, 0) is 74.2 Å². The number of nitrogens with zero attached hydrogens (tertiary/aromatic N) is 5. The molecule has 0 aliphatic carbocycles. The van der Waals surface area contributed by atoms with Crippen LogP contribution >= 0.6 is 11.3 Å². The molecule has 356 valence electrons. The highest BCUT2D eigenvalue weighted by Gasteiger charge is 2.42. The van der Waals surface area contributed by atoms with Crippen molar-refractivity contribution < 1.29 is 38.4 Å². The topological polar surface area (TPSA) is 48.5 Å². The maximum Gasteiger partial charge on any atom is 0.238 e. The standard InChI is InChI=1S/C69H45N5SSi/c1-3-24-48(25-4-1)76(49-26-5-2-6-27-49,50-28-19-22-46(44-50)52-36-21-37-58-57-34-12-18-43-65(57)75-66(52)58)51-29-20-23-47(45-51)67-70-68(72-69(71-67)74-62-40-15-9-32-55(62)56-33-10-16-41-63(56)74)59-35-11-17-42-64(59)73-60-38-13-7-30-53(60)54-31-8-14-39-61(54)73/h1-45H/i7D,8D,9D,10D,11D,13D,14D,15D,16D,17D,19D,20D,22D,23D,28D,29D,30D,31D,32D,33D,35D,38D,39D,40D,41D,42D,44D,45D. The van der Waals surface area contributed by atoms with Crippen LogP contribution in [-0.2, 0) is 0 Å². The molecule has 0 fully saturated rings. The van der Waals surface area contributed by atoms with Crippen LogP contribution in [-0.4, -0.2) is 32.2 Å². The van der Waals surface area contributed by atoms with E-state index in [9.17, 15) is 27.4 Å². The van der Waals surface area contributed by atoms with Crippen LogP contribution in [0.25, 0.3) is 109 Å². The molecular weight excluding hydrogens is 959 g/mol. The molecule has 0 saturated heterocycles. The second kappa shape index (κ2) is 17.8. The Hall–Kier alpha value is -9.53. The van der Waals surface area contributed by atoms with Gasteiger partial charge in [-0.25, -0.2) is 4.98 Å². The molecule has 76 heavy (non-hydrogen) atoms. The van der Waals surface area contributed by atoms with E-state index < -0.39 is 260 Å². The number of fused-ring (bicyclic) bond motifs is 9. The van der Waals surface area contributed by atoms with Crippen LogP contribution in [0.15, 0.2) is 272 Å². The molecular formula is C69H45N5SSi. The lowest BCUT2D eigenvalue weighted by atomic mass is 10.0. The lowest BCUT2D eigenvalue weighted by Gasteiger charge is -2.35. The molecule has 15 aromatic rings. The number of hydrogen-bond acceptors (Lipinski definition) is 4. The van der Waals surface area contributed by atoms with Crippen LogP contribution in [0.1, 0.15) is 38.4 Å². The Balaban J connectivity index is 1.16. The van der Waals surface area contributed by atoms with E-state index in [1.807, 2.05) is 30.3 Å². The predicted molar refractivity (Wildman–Crippen MR) is 321 cm³/mol. The van der Waals surface area contributed by atoms with Gasteiger partial charge in [0, 0.05) is 52.8 Å². The number of rotatable bonds is 9. The predicted octanol–water partition coefficient (Wildman–Crippen LogP) is 14.8. The van der Waals surface area contributed by atoms with Crippen LogP contribution in [0.5, 0.6) is 0 Å². The minimum atomic E-state index is -5.07. The zero-order valence-electron chi connectivity index (χ0n) is 67.0. The lowest BCUT2D eigenvalue weighted by Crippen LogP contribution is -2.74. The second-order valence-electron chi connectivity index (χ2n) is 17.3. The minimum absolute atomic E-state index is 0.102. The number of hydrogen-bond donors (Lipinski definition) is 0. The summed E-state index contributed by atoms with van der Waals surface area (Å²) < 4.78 is 269. The van der Waals surface area contributed by atoms with Crippen molar-refractivity contribution in [2.75, 3.05) is 0 Å². The Morgan fingerprint density at radius 1 is 0.355 bits per heavy atom. The molecule has 4 aromatic heterocycles. The molecule has 15 rings (SSSR count). The van der Waals surface area contributed by atoms with E-state index >= 15 is 0 Å². The molecule has 0 aliphatic rings. The van der Waals surface area contributed by atoms with Crippen molar-refractivity contribution in [1.29, 1.82) is 0 Å². The average Bonchev–Trinajstić information content (AvgIpc) is 1.04. The fraction of sp³-hybridized carbons (Fsp3) is 0. The zero-order valence-corrected chi connectivity index (χ0v) is 40.8. The van der Waals surface area contributed by atoms with E-state index in [2.05, 4.69) is 0 Å². The summed E-state index contributed by atoms with van der Waals surface area (Å²) in [5.74, 6) is -2.90. The molecule has 0 unspecified atom stereocenters. The molecule has 0 aliphatic heterocycles. The molecule has 4 heterocycles. The van der Waals surface area contributed by atoms with Crippen molar-refractivity contribution in [2.24, 2.45) is 0 Å². The van der Waals surface area contributed by atoms with E-state index in [-0.39, 0.29) is 21.1 Å². The van der Waals surface area contributed by atoms with Gasteiger partial charge in [0.1, 0.15) is 0 Å². The highest BCUT2D eigenvalue weighted by atomic mass is 32.1. The largest absolute Gasteiger partial charge is 0.309 e. The van der Waals surface area contributed by atoms with Crippen LogP contribution in [0.2, 0.25) is 0 Å². The van der Waals surface area contributed by atoms with E-state index in [0.717, 1.165) is 24.6 Å². The fourth-order valence-electron chi connectivity index (χ4n) is 10.1. The monoisotopic (exact) mass is 1030 g/mol. The normalized spacial score (nSPS) is 17.1. The Morgan fingerprint density at radius 3 is 1.49 bits per heavy atom. The summed E-state index contributed by atoms with van der Waals surface area (Å²) >= 11 is 1.37. The summed E-state index contributed by atoms with van der Waals surface area (Å²) in [7, 11) is -5.07. The van der Waals surface area contributed by atoms with Crippen molar-refractivity contribution >= 4 is 104 Å². The molecule has 0 spiro atoms.